The van der Waals surface area contributed by atoms with Crippen LogP contribution in [-0.2, 0) is 16.0 Å². The van der Waals surface area contributed by atoms with Gasteiger partial charge in [-0.3, -0.25) is 4.79 Å². The van der Waals surface area contributed by atoms with E-state index in [0.29, 0.717) is 17.7 Å². The Kier molecular flexibility index (Phi) is 7.19. The lowest BCUT2D eigenvalue weighted by molar-refractivity contribution is -0.147. The van der Waals surface area contributed by atoms with Gasteiger partial charge in [0.1, 0.15) is 0 Å². The van der Waals surface area contributed by atoms with E-state index in [-0.39, 0.29) is 19.1 Å². The molecular weight excluding hydrogens is 330 g/mol. The lowest BCUT2D eigenvalue weighted by Crippen LogP contribution is -2.37. The molecule has 134 valence electrons. The monoisotopic (exact) mass is 351 g/mol. The molecule has 2 aromatic rings. The minimum atomic E-state index is -0.478. The standard InChI is InChI=1S/C20H21N3O3/c1-2-26-19(24)17(11-15-7-4-3-5-8-15)14-22-20(25)23-18-10-6-9-16(12-18)13-21/h3-10,12,17H,2,11,14H2,1H3,(H2,22,23,25). The predicted octanol–water partition coefficient (Wildman–Crippen LogP) is 3.10. The number of nitriles is 1. The van der Waals surface area contributed by atoms with Crippen molar-refractivity contribution in [2.24, 2.45) is 5.92 Å². The average Bonchev–Trinajstić information content (AvgIpc) is 2.66. The van der Waals surface area contributed by atoms with Crippen LogP contribution in [0, 0.1) is 17.2 Å². The summed E-state index contributed by atoms with van der Waals surface area (Å²) < 4.78 is 5.11. The van der Waals surface area contributed by atoms with E-state index in [9.17, 15) is 9.59 Å². The molecule has 2 rings (SSSR count). The number of benzene rings is 2. The maximum Gasteiger partial charge on any atom is 0.319 e. The smallest absolute Gasteiger partial charge is 0.319 e. The molecule has 1 atom stereocenters. The number of nitrogens with one attached hydrogen (secondary N) is 2. The SMILES string of the molecule is CCOC(=O)C(CNC(=O)Nc1cccc(C#N)c1)Cc1ccccc1. The Bertz CT molecular complexity index is 784. The summed E-state index contributed by atoms with van der Waals surface area (Å²) in [5.41, 5.74) is 1.96. The van der Waals surface area contributed by atoms with Gasteiger partial charge in [0.05, 0.1) is 24.2 Å². The zero-order chi connectivity index (χ0) is 18.8. The van der Waals surface area contributed by atoms with Gasteiger partial charge in [0, 0.05) is 12.2 Å². The molecule has 0 radical (unpaired) electrons. The van der Waals surface area contributed by atoms with Gasteiger partial charge in [0.15, 0.2) is 0 Å². The third-order valence-electron chi connectivity index (χ3n) is 3.70. The van der Waals surface area contributed by atoms with Gasteiger partial charge in [-0.2, -0.15) is 5.26 Å². The number of anilines is 1. The van der Waals surface area contributed by atoms with Crippen molar-refractivity contribution in [3.8, 4) is 6.07 Å². The fraction of sp³-hybridized carbons (Fsp3) is 0.250. The minimum absolute atomic E-state index is 0.150. The van der Waals surface area contributed by atoms with Crippen molar-refractivity contribution in [3.63, 3.8) is 0 Å². The summed E-state index contributed by atoms with van der Waals surface area (Å²) in [4.78, 5) is 24.3. The highest BCUT2D eigenvalue weighted by molar-refractivity contribution is 5.89. The molecule has 6 heteroatoms. The lowest BCUT2D eigenvalue weighted by atomic mass is 9.99. The van der Waals surface area contributed by atoms with Gasteiger partial charge < -0.3 is 15.4 Å². The Morgan fingerprint density at radius 3 is 2.62 bits per heavy atom. The molecule has 0 heterocycles. The number of hydrogen-bond donors (Lipinski definition) is 2. The van der Waals surface area contributed by atoms with Crippen LogP contribution in [0.2, 0.25) is 0 Å². The van der Waals surface area contributed by atoms with Crippen LogP contribution < -0.4 is 10.6 Å². The topological polar surface area (TPSA) is 91.2 Å². The van der Waals surface area contributed by atoms with Crippen molar-refractivity contribution in [3.05, 3.63) is 65.7 Å². The van der Waals surface area contributed by atoms with Crippen molar-refractivity contribution in [1.29, 1.82) is 5.26 Å². The molecule has 0 fully saturated rings. The van der Waals surface area contributed by atoms with Gasteiger partial charge in [0.25, 0.3) is 0 Å². The molecule has 0 saturated carbocycles. The van der Waals surface area contributed by atoms with Crippen LogP contribution in [0.1, 0.15) is 18.1 Å². The van der Waals surface area contributed by atoms with Gasteiger partial charge in [-0.25, -0.2) is 4.79 Å². The van der Waals surface area contributed by atoms with Crippen molar-refractivity contribution in [1.82, 2.24) is 5.32 Å². The maximum atomic E-state index is 12.2. The third kappa shape index (κ3) is 5.95. The molecule has 2 N–H and O–H groups in total. The summed E-state index contributed by atoms with van der Waals surface area (Å²) in [6.07, 6.45) is 0.476. The number of carbonyl (C=O) groups is 2. The Balaban J connectivity index is 1.95. The number of esters is 1. The van der Waals surface area contributed by atoms with E-state index in [0.717, 1.165) is 5.56 Å². The molecule has 2 amide bonds. The average molecular weight is 351 g/mol. The number of ether oxygens (including phenoxy) is 1. The Morgan fingerprint density at radius 1 is 1.15 bits per heavy atom. The highest BCUT2D eigenvalue weighted by Gasteiger charge is 2.21. The number of carbonyl (C=O) groups excluding carboxylic acids is 2. The molecule has 0 aliphatic carbocycles. The summed E-state index contributed by atoms with van der Waals surface area (Å²) in [5, 5.41) is 14.2. The second-order valence-corrected chi connectivity index (χ2v) is 5.67. The number of urea groups is 1. The van der Waals surface area contributed by atoms with Crippen LogP contribution in [0.4, 0.5) is 10.5 Å². The number of rotatable bonds is 7. The molecular formula is C20H21N3O3. The van der Waals surface area contributed by atoms with Crippen molar-refractivity contribution in [2.75, 3.05) is 18.5 Å². The van der Waals surface area contributed by atoms with Gasteiger partial charge in [0.2, 0.25) is 0 Å². The lowest BCUT2D eigenvalue weighted by Gasteiger charge is -2.17. The quantitative estimate of drug-likeness (QED) is 0.750. The highest BCUT2D eigenvalue weighted by atomic mass is 16.5. The van der Waals surface area contributed by atoms with Gasteiger partial charge in [-0.1, -0.05) is 36.4 Å². The molecule has 0 spiro atoms. The van der Waals surface area contributed by atoms with Gasteiger partial charge in [-0.05, 0) is 37.1 Å². The first kappa shape index (κ1) is 19.0. The Labute approximate surface area is 152 Å². The molecule has 0 bridgehead atoms. The van der Waals surface area contributed by atoms with E-state index in [1.165, 1.54) is 0 Å². The predicted molar refractivity (Wildman–Crippen MR) is 98.4 cm³/mol. The van der Waals surface area contributed by atoms with Crippen LogP contribution in [-0.4, -0.2) is 25.2 Å². The summed E-state index contributed by atoms with van der Waals surface area (Å²) >= 11 is 0. The van der Waals surface area contributed by atoms with Crippen LogP contribution >= 0.6 is 0 Å². The first-order chi connectivity index (χ1) is 12.6. The molecule has 2 aromatic carbocycles. The van der Waals surface area contributed by atoms with Gasteiger partial charge in [-0.15, -0.1) is 0 Å². The summed E-state index contributed by atoms with van der Waals surface area (Å²) in [6, 6.07) is 17.7. The van der Waals surface area contributed by atoms with Crippen LogP contribution in [0.15, 0.2) is 54.6 Å². The number of nitrogens with zero attached hydrogens (tertiary/aromatic N) is 1. The molecule has 0 saturated heterocycles. The first-order valence-corrected chi connectivity index (χ1v) is 8.38. The molecule has 0 aliphatic heterocycles. The summed E-state index contributed by atoms with van der Waals surface area (Å²) in [6.45, 7) is 2.19. The maximum absolute atomic E-state index is 12.2. The van der Waals surface area contributed by atoms with E-state index in [1.54, 1.807) is 31.2 Å². The molecule has 26 heavy (non-hydrogen) atoms. The normalized spacial score (nSPS) is 11.1. The van der Waals surface area contributed by atoms with Crippen LogP contribution in [0.5, 0.6) is 0 Å². The fourth-order valence-electron chi connectivity index (χ4n) is 2.46. The van der Waals surface area contributed by atoms with Gasteiger partial charge >= 0.3 is 12.0 Å². The number of amides is 2. The van der Waals surface area contributed by atoms with E-state index in [2.05, 4.69) is 10.6 Å². The van der Waals surface area contributed by atoms with Crippen molar-refractivity contribution >= 4 is 17.7 Å². The summed E-state index contributed by atoms with van der Waals surface area (Å²) in [5.74, 6) is -0.823. The zero-order valence-corrected chi connectivity index (χ0v) is 14.6. The van der Waals surface area contributed by atoms with Crippen molar-refractivity contribution < 1.29 is 14.3 Å². The van der Waals surface area contributed by atoms with E-state index in [4.69, 9.17) is 10.00 Å². The fourth-order valence-corrected chi connectivity index (χ4v) is 2.46. The highest BCUT2D eigenvalue weighted by Crippen LogP contribution is 2.12. The van der Waals surface area contributed by atoms with Crippen molar-refractivity contribution in [2.45, 2.75) is 13.3 Å². The van der Waals surface area contributed by atoms with E-state index >= 15 is 0 Å². The molecule has 1 unspecified atom stereocenters. The summed E-state index contributed by atoms with van der Waals surface area (Å²) in [7, 11) is 0. The zero-order valence-electron chi connectivity index (χ0n) is 14.6. The second-order valence-electron chi connectivity index (χ2n) is 5.67. The van der Waals surface area contributed by atoms with Crippen LogP contribution in [0.25, 0.3) is 0 Å². The Morgan fingerprint density at radius 2 is 1.92 bits per heavy atom. The largest absolute Gasteiger partial charge is 0.466 e. The second kappa shape index (κ2) is 9.84. The Hall–Kier alpha value is -3.33. The number of hydrogen-bond acceptors (Lipinski definition) is 4. The minimum Gasteiger partial charge on any atom is -0.466 e. The molecule has 0 aromatic heterocycles. The van der Waals surface area contributed by atoms with E-state index < -0.39 is 11.9 Å². The first-order valence-electron chi connectivity index (χ1n) is 8.38. The molecule has 0 aliphatic rings. The van der Waals surface area contributed by atoms with Crippen LogP contribution in [0.3, 0.4) is 0 Å². The van der Waals surface area contributed by atoms with E-state index in [1.807, 2.05) is 36.4 Å². The molecule has 6 nitrogen and oxygen atoms in total. The third-order valence-corrected chi connectivity index (χ3v) is 3.70.